The van der Waals surface area contributed by atoms with Crippen molar-refractivity contribution in [3.63, 3.8) is 0 Å². The summed E-state index contributed by atoms with van der Waals surface area (Å²) in [5.41, 5.74) is 2.76. The number of piperidine rings is 1. The topological polar surface area (TPSA) is 49.9 Å². The Hall–Kier alpha value is -3.08. The second kappa shape index (κ2) is 9.92. The van der Waals surface area contributed by atoms with Gasteiger partial charge in [0, 0.05) is 38.4 Å². The lowest BCUT2D eigenvalue weighted by Gasteiger charge is -2.28. The second-order valence-corrected chi connectivity index (χ2v) is 7.44. The number of nitrogens with zero attached hydrogens (tertiary/aromatic N) is 2. The van der Waals surface area contributed by atoms with E-state index in [0.717, 1.165) is 18.7 Å². The van der Waals surface area contributed by atoms with Crippen LogP contribution in [-0.2, 0) is 4.79 Å². The number of amides is 1. The number of rotatable bonds is 7. The van der Waals surface area contributed by atoms with E-state index in [0.29, 0.717) is 11.3 Å². The molecule has 1 fully saturated rings. The van der Waals surface area contributed by atoms with Crippen molar-refractivity contribution in [1.82, 2.24) is 4.90 Å². The minimum absolute atomic E-state index is 0.0517. The van der Waals surface area contributed by atoms with Crippen LogP contribution in [0.1, 0.15) is 35.2 Å². The van der Waals surface area contributed by atoms with Gasteiger partial charge in [0.25, 0.3) is 5.91 Å². The molecule has 0 spiro atoms. The van der Waals surface area contributed by atoms with E-state index in [1.807, 2.05) is 18.2 Å². The molecule has 0 unspecified atom stereocenters. The molecule has 152 valence electrons. The molecule has 0 aliphatic carbocycles. The molecule has 29 heavy (non-hydrogen) atoms. The monoisotopic (exact) mass is 392 g/mol. The molecule has 2 aromatic carbocycles. The van der Waals surface area contributed by atoms with Gasteiger partial charge in [0.1, 0.15) is 5.75 Å². The van der Waals surface area contributed by atoms with E-state index >= 15 is 0 Å². The second-order valence-electron chi connectivity index (χ2n) is 7.44. The lowest BCUT2D eigenvalue weighted by atomic mass is 10.1. The summed E-state index contributed by atoms with van der Waals surface area (Å²) in [5, 5.41) is 0. The van der Waals surface area contributed by atoms with Crippen LogP contribution in [0.2, 0.25) is 0 Å². The first-order valence-corrected chi connectivity index (χ1v) is 10.0. The average Bonchev–Trinajstić information content (AvgIpc) is 2.77. The molecule has 1 saturated heterocycles. The predicted molar refractivity (Wildman–Crippen MR) is 117 cm³/mol. The van der Waals surface area contributed by atoms with Crippen molar-refractivity contribution in [3.8, 4) is 5.75 Å². The fraction of sp³-hybridized carbons (Fsp3) is 0.333. The van der Waals surface area contributed by atoms with Gasteiger partial charge in [-0.3, -0.25) is 9.59 Å². The van der Waals surface area contributed by atoms with Crippen molar-refractivity contribution >= 4 is 23.5 Å². The molecule has 0 saturated carbocycles. The molecule has 2 aromatic rings. The number of likely N-dealkylation sites (N-methyl/N-ethyl adjacent to an activating group) is 1. The van der Waals surface area contributed by atoms with Gasteiger partial charge in [0.05, 0.1) is 0 Å². The van der Waals surface area contributed by atoms with Crippen molar-refractivity contribution in [2.75, 3.05) is 38.7 Å². The highest BCUT2D eigenvalue weighted by atomic mass is 16.5. The molecular formula is C24H28N2O3. The molecule has 0 N–H and O–H groups in total. The highest BCUT2D eigenvalue weighted by Gasteiger charge is 2.10. The summed E-state index contributed by atoms with van der Waals surface area (Å²) in [5.74, 6) is 0.273. The van der Waals surface area contributed by atoms with Crippen molar-refractivity contribution in [2.24, 2.45) is 0 Å². The third kappa shape index (κ3) is 5.95. The van der Waals surface area contributed by atoms with Crippen molar-refractivity contribution in [2.45, 2.75) is 19.3 Å². The van der Waals surface area contributed by atoms with Crippen LogP contribution in [0.3, 0.4) is 0 Å². The number of carbonyl (C=O) groups is 2. The average molecular weight is 392 g/mol. The Labute approximate surface area is 172 Å². The van der Waals surface area contributed by atoms with Crippen LogP contribution >= 0.6 is 0 Å². The minimum atomic E-state index is -0.130. The molecule has 1 amide bonds. The van der Waals surface area contributed by atoms with E-state index in [9.17, 15) is 9.59 Å². The standard InChI is InChI=1S/C24H28N2O3/c1-25(2)24(28)18-29-22-8-6-7-20(17-22)23(27)14-11-19-9-12-21(13-10-19)26-15-4-3-5-16-26/h6-14,17H,3-5,15-16,18H2,1-2H3/b14-11+. The molecular weight excluding hydrogens is 364 g/mol. The van der Waals surface area contributed by atoms with Crippen molar-refractivity contribution in [3.05, 3.63) is 65.7 Å². The van der Waals surface area contributed by atoms with Gasteiger partial charge >= 0.3 is 0 Å². The fourth-order valence-electron chi connectivity index (χ4n) is 3.23. The summed E-state index contributed by atoms with van der Waals surface area (Å²) in [4.78, 5) is 28.0. The number of ketones is 1. The Bertz CT molecular complexity index is 866. The van der Waals surface area contributed by atoms with Gasteiger partial charge in [-0.2, -0.15) is 0 Å². The van der Waals surface area contributed by atoms with Crippen LogP contribution in [-0.4, -0.2) is 50.4 Å². The number of anilines is 1. The maximum atomic E-state index is 12.5. The molecule has 3 rings (SSSR count). The van der Waals surface area contributed by atoms with Gasteiger partial charge < -0.3 is 14.5 Å². The van der Waals surface area contributed by atoms with Gasteiger partial charge in [0.15, 0.2) is 12.4 Å². The zero-order valence-electron chi connectivity index (χ0n) is 17.1. The van der Waals surface area contributed by atoms with Gasteiger partial charge in [-0.15, -0.1) is 0 Å². The van der Waals surface area contributed by atoms with Crippen LogP contribution in [0.25, 0.3) is 6.08 Å². The predicted octanol–water partition coefficient (Wildman–Crippen LogP) is 4.04. The first-order chi connectivity index (χ1) is 14.0. The lowest BCUT2D eigenvalue weighted by Crippen LogP contribution is -2.29. The Morgan fingerprint density at radius 3 is 2.45 bits per heavy atom. The quantitative estimate of drug-likeness (QED) is 0.527. The van der Waals surface area contributed by atoms with E-state index in [-0.39, 0.29) is 18.3 Å². The van der Waals surface area contributed by atoms with E-state index in [4.69, 9.17) is 4.74 Å². The molecule has 0 atom stereocenters. The highest BCUT2D eigenvalue weighted by molar-refractivity contribution is 6.07. The maximum Gasteiger partial charge on any atom is 0.259 e. The summed E-state index contributed by atoms with van der Waals surface area (Å²) in [7, 11) is 3.35. The Balaban J connectivity index is 1.60. The van der Waals surface area contributed by atoms with E-state index in [1.165, 1.54) is 29.8 Å². The van der Waals surface area contributed by atoms with Crippen LogP contribution < -0.4 is 9.64 Å². The van der Waals surface area contributed by atoms with Crippen molar-refractivity contribution < 1.29 is 14.3 Å². The van der Waals surface area contributed by atoms with Gasteiger partial charge in [-0.25, -0.2) is 0 Å². The molecule has 5 nitrogen and oxygen atoms in total. The molecule has 0 radical (unpaired) electrons. The Kier molecular flexibility index (Phi) is 7.06. The van der Waals surface area contributed by atoms with E-state index in [1.54, 1.807) is 44.4 Å². The number of ether oxygens (including phenoxy) is 1. The summed E-state index contributed by atoms with van der Waals surface area (Å²) in [6.45, 7) is 2.18. The summed E-state index contributed by atoms with van der Waals surface area (Å²) in [6.07, 6.45) is 7.22. The SMILES string of the molecule is CN(C)C(=O)COc1cccc(C(=O)/C=C/c2ccc(N3CCCCC3)cc2)c1. The third-order valence-corrected chi connectivity index (χ3v) is 5.02. The lowest BCUT2D eigenvalue weighted by molar-refractivity contribution is -0.130. The Morgan fingerprint density at radius 1 is 1.03 bits per heavy atom. The van der Waals surface area contributed by atoms with E-state index in [2.05, 4.69) is 17.0 Å². The largest absolute Gasteiger partial charge is 0.484 e. The molecule has 5 heteroatoms. The zero-order valence-corrected chi connectivity index (χ0v) is 17.1. The smallest absolute Gasteiger partial charge is 0.259 e. The fourth-order valence-corrected chi connectivity index (χ4v) is 3.23. The Morgan fingerprint density at radius 2 is 1.76 bits per heavy atom. The van der Waals surface area contributed by atoms with Crippen LogP contribution in [0.15, 0.2) is 54.6 Å². The molecule has 1 aliphatic rings. The molecule has 0 bridgehead atoms. The summed E-state index contributed by atoms with van der Waals surface area (Å²) in [6, 6.07) is 15.2. The van der Waals surface area contributed by atoms with Crippen LogP contribution in [0, 0.1) is 0 Å². The summed E-state index contributed by atoms with van der Waals surface area (Å²) < 4.78 is 5.48. The number of benzene rings is 2. The molecule has 1 heterocycles. The summed E-state index contributed by atoms with van der Waals surface area (Å²) >= 11 is 0. The van der Waals surface area contributed by atoms with Gasteiger partial charge in [-0.05, 0) is 55.2 Å². The first kappa shape index (κ1) is 20.6. The third-order valence-electron chi connectivity index (χ3n) is 5.02. The number of hydrogen-bond acceptors (Lipinski definition) is 4. The molecule has 1 aliphatic heterocycles. The normalized spacial score (nSPS) is 14.1. The molecule has 0 aromatic heterocycles. The minimum Gasteiger partial charge on any atom is -0.484 e. The zero-order chi connectivity index (χ0) is 20.6. The van der Waals surface area contributed by atoms with Crippen molar-refractivity contribution in [1.29, 1.82) is 0 Å². The number of carbonyl (C=O) groups excluding carboxylic acids is 2. The highest BCUT2D eigenvalue weighted by Crippen LogP contribution is 2.21. The maximum absolute atomic E-state index is 12.5. The van der Waals surface area contributed by atoms with E-state index < -0.39 is 0 Å². The number of hydrogen-bond donors (Lipinski definition) is 0. The van der Waals surface area contributed by atoms with Gasteiger partial charge in [-0.1, -0.05) is 30.3 Å². The van der Waals surface area contributed by atoms with Crippen LogP contribution in [0.4, 0.5) is 5.69 Å². The first-order valence-electron chi connectivity index (χ1n) is 10.0. The number of allylic oxidation sites excluding steroid dienone is 1. The van der Waals surface area contributed by atoms with Crippen LogP contribution in [0.5, 0.6) is 5.75 Å². The van der Waals surface area contributed by atoms with Gasteiger partial charge in [0.2, 0.25) is 0 Å².